The number of hydrazone groups is 1. The molecular weight excluding hydrogens is 244 g/mol. The maximum absolute atomic E-state index is 11.7. The van der Waals surface area contributed by atoms with Crippen molar-refractivity contribution in [3.63, 3.8) is 0 Å². The van der Waals surface area contributed by atoms with Crippen molar-refractivity contribution in [3.05, 3.63) is 59.7 Å². The van der Waals surface area contributed by atoms with Crippen molar-refractivity contribution < 1.29 is 15.0 Å². The molecule has 0 heterocycles. The molecule has 2 aromatic rings. The number of benzene rings is 2. The van der Waals surface area contributed by atoms with Crippen molar-refractivity contribution in [3.8, 4) is 11.5 Å². The minimum absolute atomic E-state index is 0.0182. The number of rotatable bonds is 3. The van der Waals surface area contributed by atoms with Crippen molar-refractivity contribution in [1.29, 1.82) is 0 Å². The molecule has 2 rings (SSSR count). The van der Waals surface area contributed by atoms with Crippen LogP contribution in [0.25, 0.3) is 0 Å². The molecule has 0 aliphatic carbocycles. The molecule has 19 heavy (non-hydrogen) atoms. The second kappa shape index (κ2) is 5.68. The minimum atomic E-state index is -0.424. The fourth-order valence-corrected chi connectivity index (χ4v) is 1.48. The van der Waals surface area contributed by atoms with Crippen LogP contribution in [0.15, 0.2) is 53.6 Å². The van der Waals surface area contributed by atoms with Crippen LogP contribution >= 0.6 is 0 Å². The second-order valence-electron chi connectivity index (χ2n) is 3.84. The molecule has 2 aromatic carbocycles. The molecule has 0 saturated heterocycles. The number of hydrogen-bond donors (Lipinski definition) is 3. The smallest absolute Gasteiger partial charge is 0.271 e. The van der Waals surface area contributed by atoms with E-state index >= 15 is 0 Å². The lowest BCUT2D eigenvalue weighted by Gasteiger charge is -2.00. The number of nitrogens with one attached hydrogen (secondary N) is 1. The molecular formula is C14H12N2O3. The summed E-state index contributed by atoms with van der Waals surface area (Å²) in [5.41, 5.74) is 3.31. The van der Waals surface area contributed by atoms with Crippen molar-refractivity contribution in [1.82, 2.24) is 5.43 Å². The molecule has 0 aromatic heterocycles. The first kappa shape index (κ1) is 12.6. The van der Waals surface area contributed by atoms with Gasteiger partial charge < -0.3 is 10.2 Å². The van der Waals surface area contributed by atoms with Crippen molar-refractivity contribution in [2.45, 2.75) is 0 Å². The highest BCUT2D eigenvalue weighted by Crippen LogP contribution is 2.11. The Morgan fingerprint density at radius 2 is 1.74 bits per heavy atom. The predicted octanol–water partition coefficient (Wildman–Crippen LogP) is 1.86. The summed E-state index contributed by atoms with van der Waals surface area (Å²) in [5.74, 6) is -0.278. The maximum atomic E-state index is 11.7. The molecule has 96 valence electrons. The van der Waals surface area contributed by atoms with Gasteiger partial charge in [0.15, 0.2) is 0 Å². The standard InChI is InChI=1S/C14H12N2O3/c17-12-5-1-3-10(7-12)9-15-16-14(19)11-4-2-6-13(18)8-11/h1-9,17-18H,(H,16,19)/b15-9-. The SMILES string of the molecule is O=C(N/N=C\c1cccc(O)c1)c1cccc(O)c1. The van der Waals surface area contributed by atoms with Gasteiger partial charge in [0.05, 0.1) is 6.21 Å². The Balaban J connectivity index is 2.01. The Morgan fingerprint density at radius 3 is 2.42 bits per heavy atom. The van der Waals surface area contributed by atoms with Crippen LogP contribution < -0.4 is 5.43 Å². The molecule has 5 nitrogen and oxygen atoms in total. The summed E-state index contributed by atoms with van der Waals surface area (Å²) in [6.45, 7) is 0. The maximum Gasteiger partial charge on any atom is 0.271 e. The third-order valence-electron chi connectivity index (χ3n) is 2.36. The quantitative estimate of drug-likeness (QED) is 0.579. The molecule has 0 unspecified atom stereocenters. The van der Waals surface area contributed by atoms with Crippen LogP contribution in [-0.2, 0) is 0 Å². The van der Waals surface area contributed by atoms with E-state index in [1.54, 1.807) is 30.3 Å². The van der Waals surface area contributed by atoms with E-state index in [-0.39, 0.29) is 11.5 Å². The van der Waals surface area contributed by atoms with Gasteiger partial charge in [-0.1, -0.05) is 18.2 Å². The lowest BCUT2D eigenvalue weighted by molar-refractivity contribution is 0.0954. The van der Waals surface area contributed by atoms with Gasteiger partial charge in [0.1, 0.15) is 11.5 Å². The normalized spacial score (nSPS) is 10.5. The van der Waals surface area contributed by atoms with Gasteiger partial charge in [0.2, 0.25) is 0 Å². The molecule has 0 aliphatic heterocycles. The molecule has 0 aliphatic rings. The molecule has 5 heteroatoms. The van der Waals surface area contributed by atoms with E-state index in [1.807, 2.05) is 0 Å². The largest absolute Gasteiger partial charge is 0.508 e. The fraction of sp³-hybridized carbons (Fsp3) is 0. The van der Waals surface area contributed by atoms with Crippen molar-refractivity contribution in [2.75, 3.05) is 0 Å². The van der Waals surface area contributed by atoms with Gasteiger partial charge in [-0.25, -0.2) is 5.43 Å². The van der Waals surface area contributed by atoms with Crippen LogP contribution in [0.1, 0.15) is 15.9 Å². The second-order valence-corrected chi connectivity index (χ2v) is 3.84. The number of phenolic OH excluding ortho intramolecular Hbond substituents is 2. The zero-order valence-electron chi connectivity index (χ0n) is 9.95. The third kappa shape index (κ3) is 3.57. The van der Waals surface area contributed by atoms with Crippen LogP contribution in [0.3, 0.4) is 0 Å². The number of amides is 1. The highest BCUT2D eigenvalue weighted by molar-refractivity contribution is 5.95. The van der Waals surface area contributed by atoms with Gasteiger partial charge >= 0.3 is 0 Å². The first-order valence-corrected chi connectivity index (χ1v) is 5.56. The van der Waals surface area contributed by atoms with Gasteiger partial charge in [-0.15, -0.1) is 0 Å². The summed E-state index contributed by atoms with van der Waals surface area (Å²) in [7, 11) is 0. The Morgan fingerprint density at radius 1 is 1.05 bits per heavy atom. The van der Waals surface area contributed by atoms with Crippen molar-refractivity contribution in [2.24, 2.45) is 5.10 Å². The molecule has 0 saturated carbocycles. The highest BCUT2D eigenvalue weighted by atomic mass is 16.3. The van der Waals surface area contributed by atoms with Crippen LogP contribution in [0.5, 0.6) is 11.5 Å². The summed E-state index contributed by atoms with van der Waals surface area (Å²) in [4.78, 5) is 11.7. The highest BCUT2D eigenvalue weighted by Gasteiger charge is 2.03. The number of hydrogen-bond acceptors (Lipinski definition) is 4. The molecule has 0 atom stereocenters. The summed E-state index contributed by atoms with van der Waals surface area (Å²) in [6, 6.07) is 12.4. The average Bonchev–Trinajstić information content (AvgIpc) is 2.38. The summed E-state index contributed by atoms with van der Waals surface area (Å²) >= 11 is 0. The zero-order chi connectivity index (χ0) is 13.7. The average molecular weight is 256 g/mol. The minimum Gasteiger partial charge on any atom is -0.508 e. The Hall–Kier alpha value is -2.82. The van der Waals surface area contributed by atoms with E-state index in [2.05, 4.69) is 10.5 Å². The topological polar surface area (TPSA) is 81.9 Å². The van der Waals surface area contributed by atoms with Crippen LogP contribution in [0.4, 0.5) is 0 Å². The van der Waals surface area contributed by atoms with E-state index in [0.717, 1.165) is 0 Å². The van der Waals surface area contributed by atoms with Crippen molar-refractivity contribution >= 4 is 12.1 Å². The molecule has 1 amide bonds. The van der Waals surface area contributed by atoms with Crippen LogP contribution in [0, 0.1) is 0 Å². The first-order chi connectivity index (χ1) is 9.15. The number of nitrogens with zero attached hydrogens (tertiary/aromatic N) is 1. The third-order valence-corrected chi connectivity index (χ3v) is 2.36. The molecule has 0 radical (unpaired) electrons. The van der Waals surface area contributed by atoms with E-state index in [9.17, 15) is 15.0 Å². The summed E-state index contributed by atoms with van der Waals surface area (Å²) < 4.78 is 0. The zero-order valence-corrected chi connectivity index (χ0v) is 9.95. The molecule has 0 fully saturated rings. The molecule has 0 bridgehead atoms. The van der Waals surface area contributed by atoms with E-state index in [0.29, 0.717) is 11.1 Å². The Kier molecular flexibility index (Phi) is 3.78. The number of aromatic hydroxyl groups is 2. The first-order valence-electron chi connectivity index (χ1n) is 5.56. The van der Waals surface area contributed by atoms with E-state index < -0.39 is 5.91 Å². The van der Waals surface area contributed by atoms with Gasteiger partial charge in [-0.3, -0.25) is 4.79 Å². The van der Waals surface area contributed by atoms with Gasteiger partial charge in [0, 0.05) is 5.56 Å². The van der Waals surface area contributed by atoms with Crippen LogP contribution in [-0.4, -0.2) is 22.3 Å². The number of carbonyl (C=O) groups is 1. The number of phenols is 2. The predicted molar refractivity (Wildman–Crippen MR) is 71.3 cm³/mol. The lowest BCUT2D eigenvalue weighted by atomic mass is 10.2. The van der Waals surface area contributed by atoms with Gasteiger partial charge in [-0.2, -0.15) is 5.10 Å². The molecule has 0 spiro atoms. The molecule has 3 N–H and O–H groups in total. The van der Waals surface area contributed by atoms with Gasteiger partial charge in [0.25, 0.3) is 5.91 Å². The van der Waals surface area contributed by atoms with E-state index in [4.69, 9.17) is 0 Å². The number of carbonyl (C=O) groups excluding carboxylic acids is 1. The van der Waals surface area contributed by atoms with Gasteiger partial charge in [-0.05, 0) is 35.9 Å². The lowest BCUT2D eigenvalue weighted by Crippen LogP contribution is -2.17. The fourth-order valence-electron chi connectivity index (χ4n) is 1.48. The van der Waals surface area contributed by atoms with E-state index in [1.165, 1.54) is 24.4 Å². The monoisotopic (exact) mass is 256 g/mol. The Bertz CT molecular complexity index is 624. The summed E-state index contributed by atoms with van der Waals surface area (Å²) in [5, 5.41) is 22.3. The van der Waals surface area contributed by atoms with Crippen LogP contribution in [0.2, 0.25) is 0 Å². The Labute approximate surface area is 109 Å². The summed E-state index contributed by atoms with van der Waals surface area (Å²) in [6.07, 6.45) is 1.42.